The summed E-state index contributed by atoms with van der Waals surface area (Å²) in [5.41, 5.74) is 0.567. The van der Waals surface area contributed by atoms with Gasteiger partial charge in [-0.1, -0.05) is 29.8 Å². The summed E-state index contributed by atoms with van der Waals surface area (Å²) in [5, 5.41) is 5.81. The van der Waals surface area contributed by atoms with Crippen LogP contribution >= 0.6 is 11.6 Å². The molecule has 5 nitrogen and oxygen atoms in total. The van der Waals surface area contributed by atoms with Crippen molar-refractivity contribution in [2.24, 2.45) is 0 Å². The highest BCUT2D eigenvalue weighted by Crippen LogP contribution is 2.09. The molecular weight excluding hydrogens is 290 g/mol. The molecule has 0 spiro atoms. The van der Waals surface area contributed by atoms with Gasteiger partial charge in [0.15, 0.2) is 0 Å². The van der Waals surface area contributed by atoms with Crippen molar-refractivity contribution in [1.82, 2.24) is 10.3 Å². The van der Waals surface area contributed by atoms with Crippen molar-refractivity contribution in [3.05, 3.63) is 59.2 Å². The lowest BCUT2D eigenvalue weighted by molar-refractivity contribution is -0.116. The first-order valence-electron chi connectivity index (χ1n) is 6.40. The fraction of sp³-hybridized carbons (Fsp3) is 0.133. The first kappa shape index (κ1) is 15.0. The third-order valence-electron chi connectivity index (χ3n) is 2.67. The van der Waals surface area contributed by atoms with Crippen LogP contribution in [0.2, 0.25) is 5.02 Å². The number of pyridine rings is 1. The average Bonchev–Trinajstić information content (AvgIpc) is 2.50. The number of carbonyl (C=O) groups excluding carboxylic acids is 2. The summed E-state index contributed by atoms with van der Waals surface area (Å²) in [5.74, 6) is 0.00462. The van der Waals surface area contributed by atoms with Gasteiger partial charge in [-0.15, -0.1) is 0 Å². The molecule has 0 fully saturated rings. The number of hydrogen-bond donors (Lipinski definition) is 2. The van der Waals surface area contributed by atoms with E-state index in [1.165, 1.54) is 6.20 Å². The first-order chi connectivity index (χ1) is 10.1. The Kier molecular flexibility index (Phi) is 5.29. The third kappa shape index (κ3) is 4.89. The Morgan fingerprint density at radius 1 is 1.10 bits per heavy atom. The second-order valence-electron chi connectivity index (χ2n) is 4.28. The molecule has 2 N–H and O–H groups in total. The maximum atomic E-state index is 11.8. The van der Waals surface area contributed by atoms with Gasteiger partial charge < -0.3 is 10.6 Å². The minimum atomic E-state index is -0.224. The fourth-order valence-electron chi connectivity index (χ4n) is 1.64. The number of carbonyl (C=O) groups is 2. The van der Waals surface area contributed by atoms with Crippen molar-refractivity contribution in [2.45, 2.75) is 6.42 Å². The normalized spacial score (nSPS) is 9.95. The minimum absolute atomic E-state index is 0.170. The summed E-state index contributed by atoms with van der Waals surface area (Å²) >= 11 is 5.70. The van der Waals surface area contributed by atoms with E-state index in [9.17, 15) is 9.59 Å². The second-order valence-corrected chi connectivity index (χ2v) is 4.72. The van der Waals surface area contributed by atoms with Crippen LogP contribution in [-0.4, -0.2) is 23.3 Å². The van der Waals surface area contributed by atoms with Gasteiger partial charge in [0.05, 0.1) is 5.02 Å². The van der Waals surface area contributed by atoms with Crippen LogP contribution in [0.3, 0.4) is 0 Å². The lowest BCUT2D eigenvalue weighted by Gasteiger charge is -2.06. The maximum absolute atomic E-state index is 11.8. The SMILES string of the molecule is O=C(CCNC(=O)c1ccccc1)Nc1ccc(Cl)cn1. The van der Waals surface area contributed by atoms with Crippen LogP contribution in [0.5, 0.6) is 0 Å². The van der Waals surface area contributed by atoms with E-state index >= 15 is 0 Å². The summed E-state index contributed by atoms with van der Waals surface area (Å²) < 4.78 is 0. The van der Waals surface area contributed by atoms with Gasteiger partial charge in [-0.05, 0) is 24.3 Å². The minimum Gasteiger partial charge on any atom is -0.352 e. The number of anilines is 1. The fourth-order valence-corrected chi connectivity index (χ4v) is 1.75. The topological polar surface area (TPSA) is 71.1 Å². The van der Waals surface area contributed by atoms with E-state index in [-0.39, 0.29) is 24.8 Å². The first-order valence-corrected chi connectivity index (χ1v) is 6.77. The molecule has 2 aromatic rings. The summed E-state index contributed by atoms with van der Waals surface area (Å²) in [6, 6.07) is 12.1. The van der Waals surface area contributed by atoms with Crippen LogP contribution in [0.15, 0.2) is 48.7 Å². The molecule has 0 atom stereocenters. The Morgan fingerprint density at radius 3 is 2.52 bits per heavy atom. The molecule has 21 heavy (non-hydrogen) atoms. The molecule has 108 valence electrons. The van der Waals surface area contributed by atoms with Gasteiger partial charge in [-0.2, -0.15) is 0 Å². The lowest BCUT2D eigenvalue weighted by atomic mass is 10.2. The Balaban J connectivity index is 1.74. The second kappa shape index (κ2) is 7.40. The summed E-state index contributed by atoms with van der Waals surface area (Å²) in [6.07, 6.45) is 1.62. The van der Waals surface area contributed by atoms with Crippen LogP contribution in [-0.2, 0) is 4.79 Å². The van der Waals surface area contributed by atoms with E-state index < -0.39 is 0 Å². The van der Waals surface area contributed by atoms with E-state index in [1.807, 2.05) is 6.07 Å². The van der Waals surface area contributed by atoms with Crippen molar-refractivity contribution >= 4 is 29.2 Å². The third-order valence-corrected chi connectivity index (χ3v) is 2.89. The molecule has 1 heterocycles. The van der Waals surface area contributed by atoms with Gasteiger partial charge in [0, 0.05) is 24.7 Å². The largest absolute Gasteiger partial charge is 0.352 e. The molecule has 0 bridgehead atoms. The van der Waals surface area contributed by atoms with Gasteiger partial charge in [0.25, 0.3) is 5.91 Å². The van der Waals surface area contributed by atoms with E-state index in [0.717, 1.165) is 0 Å². The zero-order valence-electron chi connectivity index (χ0n) is 11.2. The van der Waals surface area contributed by atoms with Gasteiger partial charge in [-0.25, -0.2) is 4.98 Å². The van der Waals surface area contributed by atoms with Crippen LogP contribution in [0.25, 0.3) is 0 Å². The van der Waals surface area contributed by atoms with Gasteiger partial charge in [0.2, 0.25) is 5.91 Å². The van der Waals surface area contributed by atoms with E-state index in [0.29, 0.717) is 16.4 Å². The van der Waals surface area contributed by atoms with Gasteiger partial charge in [0.1, 0.15) is 5.82 Å². The predicted molar refractivity (Wildman–Crippen MR) is 81.3 cm³/mol. The highest BCUT2D eigenvalue weighted by molar-refractivity contribution is 6.30. The van der Waals surface area contributed by atoms with Crippen molar-refractivity contribution in [2.75, 3.05) is 11.9 Å². The molecular formula is C15H14ClN3O2. The zero-order chi connectivity index (χ0) is 15.1. The standard InChI is InChI=1S/C15H14ClN3O2/c16-12-6-7-13(18-10-12)19-14(20)8-9-17-15(21)11-4-2-1-3-5-11/h1-7,10H,8-9H2,(H,17,21)(H,18,19,20). The van der Waals surface area contributed by atoms with Gasteiger partial charge >= 0.3 is 0 Å². The number of halogens is 1. The molecule has 0 radical (unpaired) electrons. The molecule has 1 aromatic carbocycles. The quantitative estimate of drug-likeness (QED) is 0.891. The predicted octanol–water partition coefficient (Wildman–Crippen LogP) is 2.49. The molecule has 2 amide bonds. The Morgan fingerprint density at radius 2 is 1.86 bits per heavy atom. The number of hydrogen-bond acceptors (Lipinski definition) is 3. The number of amides is 2. The number of benzene rings is 1. The molecule has 0 aliphatic rings. The molecule has 2 rings (SSSR count). The molecule has 6 heteroatoms. The smallest absolute Gasteiger partial charge is 0.251 e. The van der Waals surface area contributed by atoms with Crippen molar-refractivity contribution in [3.8, 4) is 0 Å². The average molecular weight is 304 g/mol. The molecule has 0 saturated carbocycles. The van der Waals surface area contributed by atoms with Crippen LogP contribution in [0.1, 0.15) is 16.8 Å². The summed E-state index contributed by atoms with van der Waals surface area (Å²) in [6.45, 7) is 0.257. The van der Waals surface area contributed by atoms with Gasteiger partial charge in [-0.3, -0.25) is 9.59 Å². The number of aromatic nitrogens is 1. The summed E-state index contributed by atoms with van der Waals surface area (Å²) in [7, 11) is 0. The van der Waals surface area contributed by atoms with E-state index in [1.54, 1.807) is 36.4 Å². The lowest BCUT2D eigenvalue weighted by Crippen LogP contribution is -2.27. The molecule has 0 saturated heterocycles. The number of nitrogens with one attached hydrogen (secondary N) is 2. The molecule has 0 aliphatic heterocycles. The number of nitrogens with zero attached hydrogens (tertiary/aromatic N) is 1. The maximum Gasteiger partial charge on any atom is 0.251 e. The highest BCUT2D eigenvalue weighted by Gasteiger charge is 2.06. The Bertz CT molecular complexity index is 615. The molecule has 1 aromatic heterocycles. The van der Waals surface area contributed by atoms with Crippen molar-refractivity contribution in [1.29, 1.82) is 0 Å². The Hall–Kier alpha value is -2.40. The van der Waals surface area contributed by atoms with E-state index in [2.05, 4.69) is 15.6 Å². The highest BCUT2D eigenvalue weighted by atomic mass is 35.5. The van der Waals surface area contributed by atoms with Crippen LogP contribution in [0.4, 0.5) is 5.82 Å². The van der Waals surface area contributed by atoms with E-state index in [4.69, 9.17) is 11.6 Å². The monoisotopic (exact) mass is 303 g/mol. The summed E-state index contributed by atoms with van der Waals surface area (Å²) in [4.78, 5) is 27.4. The Labute approximate surface area is 127 Å². The number of rotatable bonds is 5. The zero-order valence-corrected chi connectivity index (χ0v) is 11.9. The molecule has 0 aliphatic carbocycles. The van der Waals surface area contributed by atoms with Crippen molar-refractivity contribution < 1.29 is 9.59 Å². The van der Waals surface area contributed by atoms with Crippen molar-refractivity contribution in [3.63, 3.8) is 0 Å². The van der Waals surface area contributed by atoms with Crippen LogP contribution in [0, 0.1) is 0 Å². The van der Waals surface area contributed by atoms with Crippen LogP contribution < -0.4 is 10.6 Å². The molecule has 0 unspecified atom stereocenters.